The van der Waals surface area contributed by atoms with Gasteiger partial charge in [0.2, 0.25) is 0 Å². The molecule has 3 rings (SSSR count). The monoisotopic (exact) mass is 417 g/mol. The molecule has 0 aliphatic carbocycles. The summed E-state index contributed by atoms with van der Waals surface area (Å²) in [7, 11) is 0. The Hall–Kier alpha value is -2.78. The molecule has 0 bridgehead atoms. The molecule has 154 valence electrons. The van der Waals surface area contributed by atoms with E-state index in [1.807, 2.05) is 32.0 Å². The van der Waals surface area contributed by atoms with Crippen LogP contribution in [-0.4, -0.2) is 45.4 Å². The number of benzene rings is 1. The van der Waals surface area contributed by atoms with E-state index in [2.05, 4.69) is 10.3 Å². The molecule has 0 unspecified atom stereocenters. The van der Waals surface area contributed by atoms with Crippen molar-refractivity contribution in [3.63, 3.8) is 0 Å². The number of aromatic nitrogens is 3. The summed E-state index contributed by atoms with van der Waals surface area (Å²) in [6, 6.07) is 5.82. The minimum atomic E-state index is -0.956. The summed E-state index contributed by atoms with van der Waals surface area (Å²) in [5, 5.41) is 18.6. The summed E-state index contributed by atoms with van der Waals surface area (Å²) in [4.78, 5) is 25.6. The Labute approximate surface area is 171 Å². The van der Waals surface area contributed by atoms with E-state index in [-0.39, 0.29) is 19.8 Å². The third kappa shape index (κ3) is 4.46. The van der Waals surface area contributed by atoms with Crippen molar-refractivity contribution in [1.29, 1.82) is 0 Å². The fourth-order valence-corrected chi connectivity index (χ4v) is 3.91. The van der Waals surface area contributed by atoms with Gasteiger partial charge in [-0.2, -0.15) is 0 Å². The van der Waals surface area contributed by atoms with Gasteiger partial charge in [0.05, 0.1) is 18.5 Å². The van der Waals surface area contributed by atoms with Crippen molar-refractivity contribution in [2.24, 2.45) is 0 Å². The van der Waals surface area contributed by atoms with Gasteiger partial charge in [-0.25, -0.2) is 9.48 Å². The van der Waals surface area contributed by atoms with E-state index in [9.17, 15) is 14.7 Å². The zero-order chi connectivity index (χ0) is 21.1. The Morgan fingerprint density at radius 1 is 1.31 bits per heavy atom. The molecule has 2 aromatic heterocycles. The lowest BCUT2D eigenvalue weighted by Crippen LogP contribution is -2.32. The number of ether oxygens (including phenoxy) is 2. The van der Waals surface area contributed by atoms with Gasteiger partial charge in [-0.05, 0) is 50.5 Å². The predicted octanol–water partition coefficient (Wildman–Crippen LogP) is 2.39. The maximum absolute atomic E-state index is 12.8. The fourth-order valence-electron chi connectivity index (χ4n) is 2.90. The fraction of sp³-hybridized carbons (Fsp3) is 0.400. The van der Waals surface area contributed by atoms with Crippen molar-refractivity contribution in [3.05, 3.63) is 50.1 Å². The second-order valence-electron chi connectivity index (χ2n) is 6.77. The molecular formula is C20H23N3O5S. The Morgan fingerprint density at radius 3 is 2.79 bits per heavy atom. The second-order valence-corrected chi connectivity index (χ2v) is 7.77. The lowest BCUT2D eigenvalue weighted by Gasteiger charge is -2.14. The average Bonchev–Trinajstić information content (AvgIpc) is 3.02. The van der Waals surface area contributed by atoms with Crippen molar-refractivity contribution in [2.75, 3.05) is 13.2 Å². The predicted molar refractivity (Wildman–Crippen MR) is 110 cm³/mol. The van der Waals surface area contributed by atoms with E-state index in [1.54, 1.807) is 13.8 Å². The highest BCUT2D eigenvalue weighted by molar-refractivity contribution is 7.20. The van der Waals surface area contributed by atoms with E-state index in [1.165, 1.54) is 0 Å². The van der Waals surface area contributed by atoms with Gasteiger partial charge in [0.1, 0.15) is 23.3 Å². The van der Waals surface area contributed by atoms with Crippen molar-refractivity contribution < 1.29 is 19.4 Å². The quantitative estimate of drug-likeness (QED) is 0.589. The van der Waals surface area contributed by atoms with E-state index in [4.69, 9.17) is 9.47 Å². The van der Waals surface area contributed by atoms with E-state index < -0.39 is 17.6 Å². The maximum Gasteiger partial charge on any atom is 0.348 e. The molecule has 1 N–H and O–H groups in total. The molecule has 0 saturated heterocycles. The van der Waals surface area contributed by atoms with Crippen LogP contribution in [0.2, 0.25) is 0 Å². The SMILES string of the molecule is CCOC(=O)c1sc2nnn(C[C@@H](O)COc3cc(C)ccc3C)c(=O)c2c1C. The van der Waals surface area contributed by atoms with Crippen LogP contribution >= 0.6 is 11.3 Å². The number of thiophene rings is 1. The van der Waals surface area contributed by atoms with Crippen LogP contribution in [-0.2, 0) is 11.3 Å². The molecule has 0 fully saturated rings. The molecule has 0 radical (unpaired) electrons. The molecule has 9 heteroatoms. The van der Waals surface area contributed by atoms with Crippen LogP contribution in [0.3, 0.4) is 0 Å². The van der Waals surface area contributed by atoms with E-state index in [0.717, 1.165) is 27.1 Å². The summed E-state index contributed by atoms with van der Waals surface area (Å²) in [5.41, 5.74) is 2.11. The lowest BCUT2D eigenvalue weighted by molar-refractivity contribution is 0.0531. The van der Waals surface area contributed by atoms with Crippen LogP contribution in [0, 0.1) is 20.8 Å². The van der Waals surface area contributed by atoms with Crippen LogP contribution in [0.15, 0.2) is 23.0 Å². The highest BCUT2D eigenvalue weighted by atomic mass is 32.1. The number of hydrogen-bond acceptors (Lipinski definition) is 8. The van der Waals surface area contributed by atoms with Gasteiger partial charge in [-0.3, -0.25) is 4.79 Å². The van der Waals surface area contributed by atoms with Gasteiger partial charge in [-0.1, -0.05) is 17.3 Å². The highest BCUT2D eigenvalue weighted by Crippen LogP contribution is 2.27. The normalized spacial score (nSPS) is 12.2. The molecule has 0 saturated carbocycles. The van der Waals surface area contributed by atoms with E-state index >= 15 is 0 Å². The maximum atomic E-state index is 12.8. The van der Waals surface area contributed by atoms with Crippen LogP contribution in [0.25, 0.3) is 10.2 Å². The molecule has 1 atom stereocenters. The number of fused-ring (bicyclic) bond motifs is 1. The molecule has 8 nitrogen and oxygen atoms in total. The third-order valence-corrected chi connectivity index (χ3v) is 5.60. The Balaban J connectivity index is 1.78. The van der Waals surface area contributed by atoms with Crippen LogP contribution in [0.4, 0.5) is 0 Å². The number of aryl methyl sites for hydroxylation is 3. The number of aliphatic hydroxyl groups is 1. The van der Waals surface area contributed by atoms with Gasteiger partial charge < -0.3 is 14.6 Å². The first-order valence-electron chi connectivity index (χ1n) is 9.24. The molecule has 1 aromatic carbocycles. The number of nitrogens with zero attached hydrogens (tertiary/aromatic N) is 3. The number of rotatable bonds is 7. The Bertz CT molecular complexity index is 1110. The molecule has 2 heterocycles. The minimum absolute atomic E-state index is 0.00709. The highest BCUT2D eigenvalue weighted by Gasteiger charge is 2.21. The topological polar surface area (TPSA) is 104 Å². The smallest absolute Gasteiger partial charge is 0.348 e. The van der Waals surface area contributed by atoms with Crippen LogP contribution < -0.4 is 10.3 Å². The summed E-state index contributed by atoms with van der Waals surface area (Å²) < 4.78 is 11.8. The van der Waals surface area contributed by atoms with Crippen molar-refractivity contribution in [3.8, 4) is 5.75 Å². The molecule has 0 aliphatic rings. The number of aliphatic hydroxyl groups excluding tert-OH is 1. The zero-order valence-electron chi connectivity index (χ0n) is 16.8. The van der Waals surface area contributed by atoms with Crippen LogP contribution in [0.5, 0.6) is 5.75 Å². The van der Waals surface area contributed by atoms with E-state index in [0.29, 0.717) is 26.4 Å². The van der Waals surface area contributed by atoms with Crippen molar-refractivity contribution in [2.45, 2.75) is 40.3 Å². The summed E-state index contributed by atoms with van der Waals surface area (Å²) in [5.74, 6) is 0.201. The first-order valence-corrected chi connectivity index (χ1v) is 10.1. The van der Waals surface area contributed by atoms with Crippen molar-refractivity contribution in [1.82, 2.24) is 15.0 Å². The van der Waals surface area contributed by atoms with Gasteiger partial charge in [-0.15, -0.1) is 16.4 Å². The van der Waals surface area contributed by atoms with Gasteiger partial charge in [0, 0.05) is 0 Å². The third-order valence-electron chi connectivity index (χ3n) is 4.44. The number of hydrogen-bond donors (Lipinski definition) is 1. The molecule has 29 heavy (non-hydrogen) atoms. The zero-order valence-corrected chi connectivity index (χ0v) is 17.6. The second kappa shape index (κ2) is 8.71. The summed E-state index contributed by atoms with van der Waals surface area (Å²) in [6.07, 6.45) is -0.956. The van der Waals surface area contributed by atoms with Gasteiger partial charge >= 0.3 is 5.97 Å². The molecule has 3 aromatic rings. The Morgan fingerprint density at radius 2 is 2.07 bits per heavy atom. The summed E-state index contributed by atoms with van der Waals surface area (Å²) >= 11 is 1.08. The molecule has 0 spiro atoms. The first-order chi connectivity index (χ1) is 13.8. The lowest BCUT2D eigenvalue weighted by atomic mass is 10.1. The number of esters is 1. The standard InChI is InChI=1S/C20H23N3O5S/c1-5-27-20(26)17-13(4)16-18(29-17)21-22-23(19(16)25)9-14(24)10-28-15-8-11(2)6-7-12(15)3/h6-8,14,24H,5,9-10H2,1-4H3/t14-/m1/s1. The Kier molecular flexibility index (Phi) is 6.29. The van der Waals surface area contributed by atoms with Gasteiger partial charge in [0.15, 0.2) is 4.83 Å². The van der Waals surface area contributed by atoms with Crippen molar-refractivity contribution >= 4 is 27.5 Å². The minimum Gasteiger partial charge on any atom is -0.491 e. The summed E-state index contributed by atoms with van der Waals surface area (Å²) in [6.45, 7) is 7.46. The number of carbonyl (C=O) groups is 1. The largest absolute Gasteiger partial charge is 0.491 e. The number of carbonyl (C=O) groups excluding carboxylic acids is 1. The first kappa shape index (κ1) is 20.9. The van der Waals surface area contributed by atoms with Crippen LogP contribution in [0.1, 0.15) is 33.3 Å². The van der Waals surface area contributed by atoms with Gasteiger partial charge in [0.25, 0.3) is 5.56 Å². The molecule has 0 aliphatic heterocycles. The average molecular weight is 417 g/mol. The molecule has 0 amide bonds. The molecular weight excluding hydrogens is 394 g/mol.